The van der Waals surface area contributed by atoms with Crippen molar-refractivity contribution in [3.05, 3.63) is 51.4 Å². The van der Waals surface area contributed by atoms with Crippen molar-refractivity contribution in [2.75, 3.05) is 0 Å². The van der Waals surface area contributed by atoms with Gasteiger partial charge in [0.1, 0.15) is 5.75 Å². The molecule has 1 aromatic carbocycles. The van der Waals surface area contributed by atoms with Crippen molar-refractivity contribution >= 4 is 12.1 Å². The van der Waals surface area contributed by atoms with E-state index in [0.29, 0.717) is 16.8 Å². The first-order valence-corrected chi connectivity index (χ1v) is 5.93. The van der Waals surface area contributed by atoms with Gasteiger partial charge in [-0.25, -0.2) is 5.43 Å². The maximum atomic E-state index is 11.6. The van der Waals surface area contributed by atoms with Gasteiger partial charge in [-0.05, 0) is 24.6 Å². The van der Waals surface area contributed by atoms with Gasteiger partial charge in [0.15, 0.2) is 0 Å². The monoisotopic (exact) mass is 274 g/mol. The average Bonchev–Trinajstić information content (AvgIpc) is 2.71. The van der Waals surface area contributed by atoms with Crippen molar-refractivity contribution in [3.8, 4) is 5.75 Å². The van der Waals surface area contributed by atoms with Gasteiger partial charge in [0.25, 0.3) is 5.56 Å². The summed E-state index contributed by atoms with van der Waals surface area (Å²) < 4.78 is 0. The molecular weight excluding hydrogens is 260 g/mol. The maximum Gasteiger partial charge on any atom is 0.267 e. The zero-order chi connectivity index (χ0) is 14.5. The lowest BCUT2D eigenvalue weighted by Gasteiger charge is -1.98. The molecule has 2 aromatic rings. The number of benzene rings is 1. The van der Waals surface area contributed by atoms with Crippen molar-refractivity contribution in [1.82, 2.24) is 15.6 Å². The summed E-state index contributed by atoms with van der Waals surface area (Å²) in [5.74, 6) is -0.274. The first kappa shape index (κ1) is 13.6. The number of nitrogens with zero attached hydrogens (tertiary/aromatic N) is 1. The standard InChI is InChI=1S/C13H14N4O3/c1-8-11(13(20)17-15-8)6-12(19)16-14-7-9-3-2-4-10(18)5-9/h2-5,7,18H,6H2,1H3,(H,16,19)(H2,15,17,20). The Morgan fingerprint density at radius 3 is 2.90 bits per heavy atom. The lowest BCUT2D eigenvalue weighted by molar-refractivity contribution is -0.120. The van der Waals surface area contributed by atoms with E-state index in [1.807, 2.05) is 0 Å². The van der Waals surface area contributed by atoms with Gasteiger partial charge in [-0.15, -0.1) is 0 Å². The van der Waals surface area contributed by atoms with E-state index >= 15 is 0 Å². The predicted molar refractivity (Wildman–Crippen MR) is 73.7 cm³/mol. The number of aryl methyl sites for hydroxylation is 1. The third-order valence-electron chi connectivity index (χ3n) is 2.70. The number of aromatic hydroxyl groups is 1. The molecule has 7 heteroatoms. The molecule has 0 unspecified atom stereocenters. The fourth-order valence-corrected chi connectivity index (χ4v) is 1.67. The Morgan fingerprint density at radius 2 is 2.25 bits per heavy atom. The van der Waals surface area contributed by atoms with E-state index in [0.717, 1.165) is 0 Å². The molecule has 0 bridgehead atoms. The van der Waals surface area contributed by atoms with Gasteiger partial charge in [0.05, 0.1) is 12.6 Å². The average molecular weight is 274 g/mol. The van der Waals surface area contributed by atoms with Gasteiger partial charge in [-0.3, -0.25) is 14.7 Å². The van der Waals surface area contributed by atoms with Crippen LogP contribution in [0.4, 0.5) is 0 Å². The summed E-state index contributed by atoms with van der Waals surface area (Å²) in [6.45, 7) is 1.70. The Hall–Kier alpha value is -2.83. The number of aromatic nitrogens is 2. The van der Waals surface area contributed by atoms with E-state index < -0.39 is 5.91 Å². The van der Waals surface area contributed by atoms with E-state index in [1.165, 1.54) is 18.3 Å². The number of rotatable bonds is 4. The number of carbonyl (C=O) groups is 1. The molecular formula is C13H14N4O3. The smallest absolute Gasteiger partial charge is 0.267 e. The summed E-state index contributed by atoms with van der Waals surface area (Å²) in [5, 5.41) is 18.1. The molecule has 4 N–H and O–H groups in total. The molecule has 0 radical (unpaired) electrons. The maximum absolute atomic E-state index is 11.6. The lowest BCUT2D eigenvalue weighted by atomic mass is 10.2. The molecule has 0 saturated carbocycles. The molecule has 0 aliphatic heterocycles. The predicted octanol–water partition coefficient (Wildman–Crippen LogP) is 0.410. The van der Waals surface area contributed by atoms with E-state index in [2.05, 4.69) is 20.7 Å². The van der Waals surface area contributed by atoms with Crippen LogP contribution >= 0.6 is 0 Å². The molecule has 0 fully saturated rings. The number of phenols is 1. The molecule has 2 rings (SSSR count). The largest absolute Gasteiger partial charge is 0.508 e. The molecule has 0 spiro atoms. The van der Waals surface area contributed by atoms with Gasteiger partial charge in [0.2, 0.25) is 5.91 Å². The number of H-pyrrole nitrogens is 2. The minimum absolute atomic E-state index is 0.0535. The zero-order valence-corrected chi connectivity index (χ0v) is 10.8. The van der Waals surface area contributed by atoms with E-state index in [-0.39, 0.29) is 17.7 Å². The van der Waals surface area contributed by atoms with Crippen molar-refractivity contribution in [2.24, 2.45) is 5.10 Å². The highest BCUT2D eigenvalue weighted by molar-refractivity contribution is 5.83. The Bertz CT molecular complexity index is 700. The fraction of sp³-hybridized carbons (Fsp3) is 0.154. The molecule has 1 heterocycles. The molecule has 104 valence electrons. The number of aromatic amines is 2. The topological polar surface area (TPSA) is 110 Å². The van der Waals surface area contributed by atoms with Gasteiger partial charge < -0.3 is 10.2 Å². The lowest BCUT2D eigenvalue weighted by Crippen LogP contribution is -2.23. The minimum atomic E-state index is -0.394. The van der Waals surface area contributed by atoms with Crippen LogP contribution in [0.3, 0.4) is 0 Å². The van der Waals surface area contributed by atoms with Crippen molar-refractivity contribution in [1.29, 1.82) is 0 Å². The van der Waals surface area contributed by atoms with Gasteiger partial charge in [0, 0.05) is 11.3 Å². The SMILES string of the molecule is Cc1[nH][nH]c(=O)c1CC(=O)NN=Cc1cccc(O)c1. The summed E-state index contributed by atoms with van der Waals surface area (Å²) in [4.78, 5) is 23.0. The van der Waals surface area contributed by atoms with E-state index in [1.54, 1.807) is 19.1 Å². The fourth-order valence-electron chi connectivity index (χ4n) is 1.67. The quantitative estimate of drug-likeness (QED) is 0.478. The number of hydrazone groups is 1. The molecule has 0 saturated heterocycles. The second kappa shape index (κ2) is 5.87. The summed E-state index contributed by atoms with van der Waals surface area (Å²) in [5.41, 5.74) is 3.68. The highest BCUT2D eigenvalue weighted by Gasteiger charge is 2.10. The van der Waals surface area contributed by atoms with Gasteiger partial charge in [-0.1, -0.05) is 12.1 Å². The van der Waals surface area contributed by atoms with Crippen LogP contribution in [-0.4, -0.2) is 27.4 Å². The highest BCUT2D eigenvalue weighted by Crippen LogP contribution is 2.08. The normalized spacial score (nSPS) is 10.8. The molecule has 0 aliphatic carbocycles. The van der Waals surface area contributed by atoms with Crippen molar-refractivity contribution in [3.63, 3.8) is 0 Å². The summed E-state index contributed by atoms with van der Waals surface area (Å²) in [7, 11) is 0. The number of hydrogen-bond donors (Lipinski definition) is 4. The second-order valence-electron chi connectivity index (χ2n) is 4.25. The van der Waals surface area contributed by atoms with Crippen LogP contribution in [-0.2, 0) is 11.2 Å². The zero-order valence-electron chi connectivity index (χ0n) is 10.8. The molecule has 20 heavy (non-hydrogen) atoms. The molecule has 0 atom stereocenters. The Labute approximate surface area is 114 Å². The van der Waals surface area contributed by atoms with Gasteiger partial charge in [-0.2, -0.15) is 5.10 Å². The molecule has 1 amide bonds. The third-order valence-corrected chi connectivity index (χ3v) is 2.70. The van der Waals surface area contributed by atoms with Crippen molar-refractivity contribution < 1.29 is 9.90 Å². The van der Waals surface area contributed by atoms with Crippen LogP contribution in [0.2, 0.25) is 0 Å². The number of phenolic OH excluding ortho intramolecular Hbond substituents is 1. The summed E-state index contributed by atoms with van der Waals surface area (Å²) in [6.07, 6.45) is 1.36. The van der Waals surface area contributed by atoms with Crippen LogP contribution in [0.25, 0.3) is 0 Å². The van der Waals surface area contributed by atoms with Crippen LogP contribution < -0.4 is 11.0 Å². The van der Waals surface area contributed by atoms with Crippen LogP contribution in [0, 0.1) is 6.92 Å². The van der Waals surface area contributed by atoms with E-state index in [4.69, 9.17) is 0 Å². The number of hydrogen-bond acceptors (Lipinski definition) is 4. The Balaban J connectivity index is 1.94. The number of amides is 1. The van der Waals surface area contributed by atoms with Crippen LogP contribution in [0.15, 0.2) is 34.2 Å². The minimum Gasteiger partial charge on any atom is -0.508 e. The van der Waals surface area contributed by atoms with Crippen LogP contribution in [0.5, 0.6) is 5.75 Å². The number of carbonyl (C=O) groups excluding carboxylic acids is 1. The first-order chi connectivity index (χ1) is 9.56. The Kier molecular flexibility index (Phi) is 3.99. The highest BCUT2D eigenvalue weighted by atomic mass is 16.3. The summed E-state index contributed by atoms with van der Waals surface area (Å²) in [6, 6.07) is 6.45. The van der Waals surface area contributed by atoms with E-state index in [9.17, 15) is 14.7 Å². The molecule has 7 nitrogen and oxygen atoms in total. The van der Waals surface area contributed by atoms with Crippen molar-refractivity contribution in [2.45, 2.75) is 13.3 Å². The molecule has 0 aliphatic rings. The first-order valence-electron chi connectivity index (χ1n) is 5.93. The number of nitrogens with one attached hydrogen (secondary N) is 3. The van der Waals surface area contributed by atoms with Crippen LogP contribution in [0.1, 0.15) is 16.8 Å². The second-order valence-corrected chi connectivity index (χ2v) is 4.25. The van der Waals surface area contributed by atoms with Gasteiger partial charge >= 0.3 is 0 Å². The summed E-state index contributed by atoms with van der Waals surface area (Å²) >= 11 is 0. The Morgan fingerprint density at radius 1 is 1.45 bits per heavy atom. The molecule has 1 aromatic heterocycles. The third kappa shape index (κ3) is 3.35.